The number of benzene rings is 1. The minimum atomic E-state index is -3.32. The summed E-state index contributed by atoms with van der Waals surface area (Å²) in [6.45, 7) is 4.89. The number of nitrogens with one attached hydrogen (secondary N) is 2. The van der Waals surface area contributed by atoms with Crippen LogP contribution in [-0.4, -0.2) is 21.5 Å². The Morgan fingerprint density at radius 1 is 1.19 bits per heavy atom. The molecule has 1 rings (SSSR count). The Bertz CT molecular complexity index is 424. The Hall–Kier alpha value is -0.910. The van der Waals surface area contributed by atoms with Crippen LogP contribution in [0.25, 0.3) is 0 Å². The van der Waals surface area contributed by atoms with Crippen molar-refractivity contribution in [2.45, 2.75) is 31.3 Å². The third-order valence-corrected chi connectivity index (χ3v) is 3.65. The lowest BCUT2D eigenvalue weighted by Crippen LogP contribution is -2.22. The molecular formula is C11H18N2O2S. The van der Waals surface area contributed by atoms with Crippen LogP contribution < -0.4 is 10.0 Å². The molecular weight excluding hydrogens is 224 g/mol. The molecule has 4 nitrogen and oxygen atoms in total. The molecule has 1 aromatic carbocycles. The Kier molecular flexibility index (Phi) is 4.46. The van der Waals surface area contributed by atoms with Crippen molar-refractivity contribution >= 4 is 10.0 Å². The van der Waals surface area contributed by atoms with Crippen molar-refractivity contribution in [1.82, 2.24) is 10.0 Å². The SMILES string of the molecule is CNS(=O)(=O)c1ccc(CNC(C)C)cc1. The smallest absolute Gasteiger partial charge is 0.240 e. The third kappa shape index (κ3) is 3.59. The minimum absolute atomic E-state index is 0.295. The summed E-state index contributed by atoms with van der Waals surface area (Å²) in [6, 6.07) is 7.28. The van der Waals surface area contributed by atoms with E-state index in [0.717, 1.165) is 12.1 Å². The molecule has 16 heavy (non-hydrogen) atoms. The molecule has 5 heteroatoms. The van der Waals surface area contributed by atoms with Gasteiger partial charge in [0.2, 0.25) is 10.0 Å². The normalized spacial score (nSPS) is 12.0. The molecule has 0 spiro atoms. The largest absolute Gasteiger partial charge is 0.310 e. The molecule has 0 bridgehead atoms. The summed E-state index contributed by atoms with van der Waals surface area (Å²) >= 11 is 0. The van der Waals surface area contributed by atoms with Crippen molar-refractivity contribution < 1.29 is 8.42 Å². The van der Waals surface area contributed by atoms with Gasteiger partial charge in [0.15, 0.2) is 0 Å². The maximum atomic E-state index is 11.5. The summed E-state index contributed by atoms with van der Waals surface area (Å²) in [7, 11) is -1.91. The monoisotopic (exact) mass is 242 g/mol. The highest BCUT2D eigenvalue weighted by Crippen LogP contribution is 2.09. The van der Waals surface area contributed by atoms with Gasteiger partial charge in [-0.15, -0.1) is 0 Å². The van der Waals surface area contributed by atoms with Gasteiger partial charge in [-0.25, -0.2) is 13.1 Å². The standard InChI is InChI=1S/C11H18N2O2S/c1-9(2)13-8-10-4-6-11(7-5-10)16(14,15)12-3/h4-7,9,12-13H,8H2,1-3H3. The molecule has 2 N–H and O–H groups in total. The van der Waals surface area contributed by atoms with E-state index >= 15 is 0 Å². The van der Waals surface area contributed by atoms with Crippen molar-refractivity contribution in [1.29, 1.82) is 0 Å². The molecule has 0 saturated carbocycles. The Morgan fingerprint density at radius 3 is 2.19 bits per heavy atom. The molecule has 0 atom stereocenters. The molecule has 0 saturated heterocycles. The van der Waals surface area contributed by atoms with Crippen LogP contribution in [-0.2, 0) is 16.6 Å². The van der Waals surface area contributed by atoms with Gasteiger partial charge < -0.3 is 5.32 Å². The summed E-state index contributed by atoms with van der Waals surface area (Å²) in [5.41, 5.74) is 1.07. The van der Waals surface area contributed by atoms with Gasteiger partial charge in [-0.1, -0.05) is 26.0 Å². The molecule has 0 heterocycles. The highest BCUT2D eigenvalue weighted by Gasteiger charge is 2.10. The lowest BCUT2D eigenvalue weighted by molar-refractivity contribution is 0.585. The maximum absolute atomic E-state index is 11.5. The highest BCUT2D eigenvalue weighted by atomic mass is 32.2. The number of hydrogen-bond donors (Lipinski definition) is 2. The van der Waals surface area contributed by atoms with Gasteiger partial charge >= 0.3 is 0 Å². The molecule has 0 aliphatic heterocycles. The van der Waals surface area contributed by atoms with Gasteiger partial charge in [-0.2, -0.15) is 0 Å². The minimum Gasteiger partial charge on any atom is -0.310 e. The fraction of sp³-hybridized carbons (Fsp3) is 0.455. The van der Waals surface area contributed by atoms with Crippen LogP contribution in [0.15, 0.2) is 29.2 Å². The lowest BCUT2D eigenvalue weighted by Gasteiger charge is -2.08. The van der Waals surface area contributed by atoms with Crippen molar-refractivity contribution in [3.8, 4) is 0 Å². The van der Waals surface area contributed by atoms with E-state index in [0.29, 0.717) is 10.9 Å². The van der Waals surface area contributed by atoms with Gasteiger partial charge in [0.1, 0.15) is 0 Å². The van der Waals surface area contributed by atoms with Crippen LogP contribution in [0.3, 0.4) is 0 Å². The summed E-state index contributed by atoms with van der Waals surface area (Å²) in [5.74, 6) is 0. The Labute approximate surface area is 97.1 Å². The topological polar surface area (TPSA) is 58.2 Å². The Balaban J connectivity index is 2.76. The van der Waals surface area contributed by atoms with E-state index in [9.17, 15) is 8.42 Å². The highest BCUT2D eigenvalue weighted by molar-refractivity contribution is 7.89. The number of sulfonamides is 1. The zero-order valence-corrected chi connectivity index (χ0v) is 10.6. The molecule has 90 valence electrons. The second-order valence-corrected chi connectivity index (χ2v) is 5.77. The van der Waals surface area contributed by atoms with E-state index in [2.05, 4.69) is 23.9 Å². The van der Waals surface area contributed by atoms with Crippen LogP contribution in [0.2, 0.25) is 0 Å². The average Bonchev–Trinajstić information content (AvgIpc) is 2.27. The van der Waals surface area contributed by atoms with Crippen molar-refractivity contribution in [2.75, 3.05) is 7.05 Å². The first-order valence-electron chi connectivity index (χ1n) is 5.21. The second-order valence-electron chi connectivity index (χ2n) is 3.89. The molecule has 0 aromatic heterocycles. The molecule has 0 radical (unpaired) electrons. The van der Waals surface area contributed by atoms with Crippen LogP contribution in [0.5, 0.6) is 0 Å². The zero-order chi connectivity index (χ0) is 12.2. The lowest BCUT2D eigenvalue weighted by atomic mass is 10.2. The molecule has 0 unspecified atom stereocenters. The van der Waals surface area contributed by atoms with Gasteiger partial charge in [-0.05, 0) is 24.7 Å². The van der Waals surface area contributed by atoms with E-state index < -0.39 is 10.0 Å². The predicted molar refractivity (Wildman–Crippen MR) is 64.7 cm³/mol. The first-order valence-corrected chi connectivity index (χ1v) is 6.70. The molecule has 0 amide bonds. The van der Waals surface area contributed by atoms with Gasteiger partial charge in [0.25, 0.3) is 0 Å². The van der Waals surface area contributed by atoms with E-state index in [1.807, 2.05) is 12.1 Å². The zero-order valence-electron chi connectivity index (χ0n) is 9.82. The average molecular weight is 242 g/mol. The van der Waals surface area contributed by atoms with Crippen LogP contribution >= 0.6 is 0 Å². The predicted octanol–water partition coefficient (Wildman–Crippen LogP) is 1.09. The van der Waals surface area contributed by atoms with Crippen molar-refractivity contribution in [3.05, 3.63) is 29.8 Å². The van der Waals surface area contributed by atoms with Gasteiger partial charge in [0.05, 0.1) is 4.90 Å². The summed E-state index contributed by atoms with van der Waals surface area (Å²) in [4.78, 5) is 0.295. The Morgan fingerprint density at radius 2 is 1.75 bits per heavy atom. The fourth-order valence-electron chi connectivity index (χ4n) is 1.23. The van der Waals surface area contributed by atoms with Crippen LogP contribution in [0.4, 0.5) is 0 Å². The van der Waals surface area contributed by atoms with E-state index in [1.54, 1.807) is 12.1 Å². The quantitative estimate of drug-likeness (QED) is 0.812. The van der Waals surface area contributed by atoms with Gasteiger partial charge in [0, 0.05) is 12.6 Å². The van der Waals surface area contributed by atoms with E-state index in [-0.39, 0.29) is 0 Å². The van der Waals surface area contributed by atoms with Crippen LogP contribution in [0, 0.1) is 0 Å². The first kappa shape index (κ1) is 13.2. The number of rotatable bonds is 5. The summed E-state index contributed by atoms with van der Waals surface area (Å²) in [6.07, 6.45) is 0. The number of hydrogen-bond acceptors (Lipinski definition) is 3. The molecule has 1 aromatic rings. The molecule has 0 fully saturated rings. The van der Waals surface area contributed by atoms with Crippen molar-refractivity contribution in [2.24, 2.45) is 0 Å². The van der Waals surface area contributed by atoms with Gasteiger partial charge in [-0.3, -0.25) is 0 Å². The molecule has 0 aliphatic carbocycles. The summed E-state index contributed by atoms with van der Waals surface area (Å²) < 4.78 is 25.2. The van der Waals surface area contributed by atoms with E-state index in [4.69, 9.17) is 0 Å². The first-order chi connectivity index (χ1) is 7.45. The second kappa shape index (κ2) is 5.43. The third-order valence-electron chi connectivity index (χ3n) is 2.22. The summed E-state index contributed by atoms with van der Waals surface area (Å²) in [5, 5.41) is 3.27. The van der Waals surface area contributed by atoms with Crippen molar-refractivity contribution in [3.63, 3.8) is 0 Å². The van der Waals surface area contributed by atoms with E-state index in [1.165, 1.54) is 7.05 Å². The maximum Gasteiger partial charge on any atom is 0.240 e. The fourth-order valence-corrected chi connectivity index (χ4v) is 1.96. The molecule has 0 aliphatic rings. The van der Waals surface area contributed by atoms with Crippen LogP contribution in [0.1, 0.15) is 19.4 Å².